The van der Waals surface area contributed by atoms with Crippen LogP contribution in [-0.2, 0) is 42.7 Å². The number of aliphatic imine (C=N–C) groups is 1. The number of cyclic esters (lactones) is 1. The summed E-state index contributed by atoms with van der Waals surface area (Å²) in [6.45, 7) is 16.7. The highest BCUT2D eigenvalue weighted by Gasteiger charge is 2.54. The molecule has 0 aromatic heterocycles. The minimum atomic E-state index is -1.75. The van der Waals surface area contributed by atoms with E-state index in [1.807, 2.05) is 60.5 Å². The first-order valence-electron chi connectivity index (χ1n) is 18.7. The van der Waals surface area contributed by atoms with E-state index in [1.54, 1.807) is 27.9 Å². The van der Waals surface area contributed by atoms with Gasteiger partial charge in [-0.05, 0) is 68.5 Å². The minimum Gasteiger partial charge on any atom is -0.455 e. The molecule has 4 aliphatic heterocycles. The van der Waals surface area contributed by atoms with Gasteiger partial charge in [-0.15, -0.1) is 0 Å². The average Bonchev–Trinajstić information content (AvgIpc) is 3.35. The van der Waals surface area contributed by atoms with E-state index in [4.69, 9.17) is 42.9 Å². The van der Waals surface area contributed by atoms with Crippen LogP contribution in [0, 0.1) is 17.8 Å². The van der Waals surface area contributed by atoms with Gasteiger partial charge in [0.25, 0.3) is 0 Å². The summed E-state index contributed by atoms with van der Waals surface area (Å²) in [4.78, 5) is 21.1. The van der Waals surface area contributed by atoms with Crippen molar-refractivity contribution in [3.63, 3.8) is 0 Å². The van der Waals surface area contributed by atoms with Crippen LogP contribution in [0.5, 0.6) is 0 Å². The fourth-order valence-corrected chi connectivity index (χ4v) is 8.50. The van der Waals surface area contributed by atoms with Crippen molar-refractivity contribution >= 4 is 11.9 Å². The molecule has 14 heteroatoms. The van der Waals surface area contributed by atoms with Crippen molar-refractivity contribution in [3.05, 3.63) is 0 Å². The lowest BCUT2D eigenvalue weighted by Crippen LogP contribution is -2.61. The number of esters is 1. The van der Waals surface area contributed by atoms with Crippen LogP contribution in [0.25, 0.3) is 0 Å². The third-order valence-electron chi connectivity index (χ3n) is 11.8. The van der Waals surface area contributed by atoms with Crippen LogP contribution in [0.1, 0.15) is 94.4 Å². The normalized spacial score (nSPS) is 49.8. The molecule has 0 spiro atoms. The Labute approximate surface area is 304 Å². The van der Waals surface area contributed by atoms with Crippen LogP contribution in [0.3, 0.4) is 0 Å². The third-order valence-corrected chi connectivity index (χ3v) is 11.8. The first kappa shape index (κ1) is 42.3. The molecule has 0 aromatic carbocycles. The Hall–Kier alpha value is -1.46. The van der Waals surface area contributed by atoms with Crippen LogP contribution in [0.4, 0.5) is 0 Å². The maximum atomic E-state index is 14.2. The van der Waals surface area contributed by atoms with E-state index in [0.717, 1.165) is 0 Å². The zero-order chi connectivity index (χ0) is 38.2. The Bertz CT molecular complexity index is 1210. The quantitative estimate of drug-likeness (QED) is 0.312. The summed E-state index contributed by atoms with van der Waals surface area (Å²) in [7, 11) is 6.96. The highest BCUT2D eigenvalue weighted by atomic mass is 16.7. The van der Waals surface area contributed by atoms with E-state index in [-0.39, 0.29) is 36.9 Å². The largest absolute Gasteiger partial charge is 0.455 e. The van der Waals surface area contributed by atoms with E-state index in [9.17, 15) is 20.1 Å². The van der Waals surface area contributed by atoms with Gasteiger partial charge in [0.2, 0.25) is 5.79 Å². The molecule has 51 heavy (non-hydrogen) atoms. The standard InChI is InChI=1S/C37H66N2O12/c1-14-26-37(43)16-19(2)32(51-37)38-20(3)17-36(9,45-13)31(50-34-28(40)25(39(10)11)15-21(4)46-34)22(5)29(23(6)33(42)48-26)49-27-18-35(8,44-12)30(41)24(7)47-27/h19-31,34,40-41,43H,14-18H2,1-13H3/b38-32-/t19-,20-,21-,22+,23-,24+,25+,26-,27+,28-,29+,30+,31-,34+,35-,36-,37+/m1/s1. The number of rotatable bonds is 8. The van der Waals surface area contributed by atoms with Gasteiger partial charge in [0, 0.05) is 51.4 Å². The second-order valence-corrected chi connectivity index (χ2v) is 16.2. The molecule has 4 rings (SSSR count). The third kappa shape index (κ3) is 8.92. The lowest BCUT2D eigenvalue weighted by atomic mass is 9.78. The maximum absolute atomic E-state index is 14.2. The molecule has 4 heterocycles. The molecule has 17 atom stereocenters. The Morgan fingerprint density at radius 1 is 0.941 bits per heavy atom. The lowest BCUT2D eigenvalue weighted by molar-refractivity contribution is -0.319. The highest BCUT2D eigenvalue weighted by Crippen LogP contribution is 2.42. The lowest BCUT2D eigenvalue weighted by Gasteiger charge is -2.49. The van der Waals surface area contributed by atoms with Crippen molar-refractivity contribution in [1.82, 2.24) is 4.90 Å². The summed E-state index contributed by atoms with van der Waals surface area (Å²) in [6.07, 6.45) is -5.72. The van der Waals surface area contributed by atoms with Gasteiger partial charge in [0.15, 0.2) is 24.6 Å². The van der Waals surface area contributed by atoms with Gasteiger partial charge in [0.05, 0.1) is 47.6 Å². The first-order valence-corrected chi connectivity index (χ1v) is 18.7. The zero-order valence-electron chi connectivity index (χ0n) is 33.0. The van der Waals surface area contributed by atoms with E-state index in [0.29, 0.717) is 25.2 Å². The highest BCUT2D eigenvalue weighted by molar-refractivity contribution is 5.81. The number of aliphatic hydroxyl groups is 3. The molecule has 0 aromatic rings. The van der Waals surface area contributed by atoms with Crippen molar-refractivity contribution in [2.75, 3.05) is 28.3 Å². The molecule has 0 saturated carbocycles. The Morgan fingerprint density at radius 3 is 2.18 bits per heavy atom. The van der Waals surface area contributed by atoms with E-state index in [2.05, 4.69) is 0 Å². The molecule has 2 bridgehead atoms. The molecule has 0 aliphatic carbocycles. The summed E-state index contributed by atoms with van der Waals surface area (Å²) in [5.41, 5.74) is -2.05. The van der Waals surface area contributed by atoms with Crippen molar-refractivity contribution in [3.8, 4) is 0 Å². The summed E-state index contributed by atoms with van der Waals surface area (Å²) in [5.74, 6) is -3.73. The number of likely N-dealkylation sites (N-methyl/N-ethyl adjacent to an activating group) is 1. The van der Waals surface area contributed by atoms with Crippen molar-refractivity contribution in [2.45, 2.75) is 179 Å². The van der Waals surface area contributed by atoms with Crippen LogP contribution in [0.2, 0.25) is 0 Å². The van der Waals surface area contributed by atoms with Gasteiger partial charge in [-0.3, -0.25) is 9.79 Å². The van der Waals surface area contributed by atoms with Crippen molar-refractivity contribution < 1.29 is 58.0 Å². The van der Waals surface area contributed by atoms with E-state index < -0.39 is 84.0 Å². The molecule has 296 valence electrons. The number of nitrogens with zero attached hydrogens (tertiary/aromatic N) is 2. The van der Waals surface area contributed by atoms with Gasteiger partial charge in [-0.1, -0.05) is 20.8 Å². The minimum absolute atomic E-state index is 0.178. The fraction of sp³-hybridized carbons (Fsp3) is 0.946. The summed E-state index contributed by atoms with van der Waals surface area (Å²) in [6, 6.07) is -0.582. The summed E-state index contributed by atoms with van der Waals surface area (Å²) >= 11 is 0. The topological polar surface area (TPSA) is 167 Å². The molecule has 3 fully saturated rings. The predicted octanol–water partition coefficient (Wildman–Crippen LogP) is 3.02. The van der Waals surface area contributed by atoms with Crippen molar-refractivity contribution in [2.24, 2.45) is 22.7 Å². The van der Waals surface area contributed by atoms with Gasteiger partial charge in [-0.2, -0.15) is 0 Å². The van der Waals surface area contributed by atoms with E-state index >= 15 is 0 Å². The monoisotopic (exact) mass is 730 g/mol. The number of hydrogen-bond acceptors (Lipinski definition) is 14. The van der Waals surface area contributed by atoms with Crippen LogP contribution in [0.15, 0.2) is 4.99 Å². The van der Waals surface area contributed by atoms with Gasteiger partial charge in [-0.25, -0.2) is 0 Å². The molecular weight excluding hydrogens is 664 g/mol. The van der Waals surface area contributed by atoms with E-state index in [1.165, 1.54) is 7.11 Å². The number of ether oxygens (including phenoxy) is 8. The summed E-state index contributed by atoms with van der Waals surface area (Å²) in [5, 5.41) is 34.2. The smallest absolute Gasteiger partial charge is 0.311 e. The number of aliphatic hydroxyl groups excluding tert-OH is 2. The molecule has 0 radical (unpaired) electrons. The van der Waals surface area contributed by atoms with Gasteiger partial charge in [0.1, 0.15) is 12.2 Å². The average molecular weight is 731 g/mol. The number of carbonyl (C=O) groups is 1. The van der Waals surface area contributed by atoms with Crippen LogP contribution >= 0.6 is 0 Å². The first-order chi connectivity index (χ1) is 23.7. The molecule has 14 nitrogen and oxygen atoms in total. The molecule has 3 N–H and O–H groups in total. The Kier molecular flexibility index (Phi) is 13.7. The Morgan fingerprint density at radius 2 is 1.59 bits per heavy atom. The van der Waals surface area contributed by atoms with Gasteiger partial charge < -0.3 is 58.1 Å². The zero-order valence-corrected chi connectivity index (χ0v) is 33.0. The number of fused-ring (bicyclic) bond motifs is 2. The maximum Gasteiger partial charge on any atom is 0.311 e. The fourth-order valence-electron chi connectivity index (χ4n) is 8.50. The summed E-state index contributed by atoms with van der Waals surface area (Å²) < 4.78 is 50.4. The molecule has 3 saturated heterocycles. The number of hydrogen-bond donors (Lipinski definition) is 3. The second kappa shape index (κ2) is 16.5. The molecule has 0 amide bonds. The van der Waals surface area contributed by atoms with Crippen LogP contribution < -0.4 is 0 Å². The predicted molar refractivity (Wildman–Crippen MR) is 188 cm³/mol. The number of methoxy groups -OCH3 is 2. The second-order valence-electron chi connectivity index (χ2n) is 16.2. The molecule has 4 aliphatic rings. The van der Waals surface area contributed by atoms with Gasteiger partial charge >= 0.3 is 5.97 Å². The number of carbonyl (C=O) groups excluding carboxylic acids is 1. The SMILES string of the molecule is CC[C@H]1OC(=O)[C@H](C)[C@@H](O[C@H]2C[C@@](C)(OC)[C@@H](O)[C@H](C)O2)[C@H](C)[C@@H](O[C@@H]2O[C@H](C)C[C@H](N(C)C)[C@H]2O)[C@](C)(OC)C[C@@H](C)/N=C2\O[C@@]1(O)C[C@H]2C. The molecular formula is C37H66N2O12. The van der Waals surface area contributed by atoms with Crippen LogP contribution in [-0.4, -0.2) is 145 Å². The molecule has 0 unspecified atom stereocenters. The van der Waals surface area contributed by atoms with Crippen molar-refractivity contribution in [1.29, 1.82) is 0 Å². The Balaban J connectivity index is 1.84.